The average molecular weight is 383 g/mol. The average Bonchev–Trinajstić information content (AvgIpc) is 3.13. The van der Waals surface area contributed by atoms with E-state index in [2.05, 4.69) is 26.1 Å². The summed E-state index contributed by atoms with van der Waals surface area (Å²) in [5, 5.41) is 2.76. The maximum Gasteiger partial charge on any atom is 0.338 e. The number of amides is 1. The summed E-state index contributed by atoms with van der Waals surface area (Å²) in [4.78, 5) is 24.5. The Kier molecular flexibility index (Phi) is 5.58. The van der Waals surface area contributed by atoms with Gasteiger partial charge in [0.15, 0.2) is 17.6 Å². The molecule has 2 aromatic rings. The van der Waals surface area contributed by atoms with Gasteiger partial charge in [0.2, 0.25) is 6.79 Å². The molecule has 2 aromatic carbocycles. The molecule has 6 nitrogen and oxygen atoms in total. The van der Waals surface area contributed by atoms with E-state index in [4.69, 9.17) is 14.2 Å². The molecule has 1 aliphatic rings. The fourth-order valence-electron chi connectivity index (χ4n) is 2.77. The van der Waals surface area contributed by atoms with Crippen LogP contribution in [0.2, 0.25) is 0 Å². The lowest BCUT2D eigenvalue weighted by Gasteiger charge is -2.19. The second kappa shape index (κ2) is 7.92. The summed E-state index contributed by atoms with van der Waals surface area (Å²) in [5.41, 5.74) is 2.42. The largest absolute Gasteiger partial charge is 0.454 e. The molecule has 28 heavy (non-hydrogen) atoms. The van der Waals surface area contributed by atoms with Crippen molar-refractivity contribution in [3.8, 4) is 11.5 Å². The van der Waals surface area contributed by atoms with Gasteiger partial charge in [-0.25, -0.2) is 4.79 Å². The van der Waals surface area contributed by atoms with Gasteiger partial charge in [-0.2, -0.15) is 0 Å². The summed E-state index contributed by atoms with van der Waals surface area (Å²) in [5.74, 6) is 0.461. The van der Waals surface area contributed by atoms with Crippen LogP contribution in [-0.2, 0) is 21.5 Å². The fourth-order valence-corrected chi connectivity index (χ4v) is 2.77. The van der Waals surface area contributed by atoms with E-state index in [1.165, 1.54) is 0 Å². The number of benzene rings is 2. The number of nitrogens with one attached hydrogen (secondary N) is 1. The Morgan fingerprint density at radius 1 is 1.07 bits per heavy atom. The molecule has 1 aliphatic heterocycles. The van der Waals surface area contributed by atoms with Crippen molar-refractivity contribution < 1.29 is 23.8 Å². The van der Waals surface area contributed by atoms with Gasteiger partial charge in [-0.3, -0.25) is 4.79 Å². The van der Waals surface area contributed by atoms with Gasteiger partial charge in [0.1, 0.15) is 0 Å². The standard InChI is InChI=1S/C22H25NO5/c1-14(28-21(25)16-6-8-17(9-7-16)22(2,3)4)20(24)23-12-15-5-10-18-19(11-15)27-13-26-18/h5-11,14H,12-13H2,1-4H3,(H,23,24). The van der Waals surface area contributed by atoms with Crippen molar-refractivity contribution in [3.05, 3.63) is 59.2 Å². The van der Waals surface area contributed by atoms with E-state index in [-0.39, 0.29) is 18.1 Å². The van der Waals surface area contributed by atoms with Gasteiger partial charge < -0.3 is 19.5 Å². The number of fused-ring (bicyclic) bond motifs is 1. The van der Waals surface area contributed by atoms with Crippen LogP contribution in [0.1, 0.15) is 49.2 Å². The van der Waals surface area contributed by atoms with E-state index in [9.17, 15) is 9.59 Å². The molecular weight excluding hydrogens is 358 g/mol. The van der Waals surface area contributed by atoms with Gasteiger partial charge >= 0.3 is 5.97 Å². The number of hydrogen-bond acceptors (Lipinski definition) is 5. The first-order valence-corrected chi connectivity index (χ1v) is 9.22. The number of rotatable bonds is 5. The predicted octanol–water partition coefficient (Wildman–Crippen LogP) is 3.57. The number of carbonyl (C=O) groups excluding carboxylic acids is 2. The molecule has 0 saturated carbocycles. The van der Waals surface area contributed by atoms with E-state index in [1.807, 2.05) is 24.3 Å². The molecule has 1 heterocycles. The lowest BCUT2D eigenvalue weighted by molar-refractivity contribution is -0.129. The Morgan fingerprint density at radius 3 is 2.43 bits per heavy atom. The molecule has 1 unspecified atom stereocenters. The second-order valence-corrected chi connectivity index (χ2v) is 7.78. The molecule has 0 fully saturated rings. The number of ether oxygens (including phenoxy) is 3. The zero-order chi connectivity index (χ0) is 20.3. The minimum atomic E-state index is -0.899. The third-order valence-corrected chi connectivity index (χ3v) is 4.54. The van der Waals surface area contributed by atoms with Gasteiger partial charge in [-0.15, -0.1) is 0 Å². The van der Waals surface area contributed by atoms with Crippen molar-refractivity contribution in [2.45, 2.75) is 45.8 Å². The smallest absolute Gasteiger partial charge is 0.338 e. The van der Waals surface area contributed by atoms with Crippen molar-refractivity contribution in [2.75, 3.05) is 6.79 Å². The van der Waals surface area contributed by atoms with Crippen LogP contribution in [0.3, 0.4) is 0 Å². The molecule has 1 N–H and O–H groups in total. The van der Waals surface area contributed by atoms with Gasteiger partial charge in [0.05, 0.1) is 5.56 Å². The minimum Gasteiger partial charge on any atom is -0.454 e. The highest BCUT2D eigenvalue weighted by Crippen LogP contribution is 2.32. The molecule has 0 spiro atoms. The SMILES string of the molecule is CC(OC(=O)c1ccc(C(C)(C)C)cc1)C(=O)NCc1ccc2c(c1)OCO2. The van der Waals surface area contributed by atoms with Crippen LogP contribution in [0.5, 0.6) is 11.5 Å². The Bertz CT molecular complexity index is 867. The van der Waals surface area contributed by atoms with Crippen LogP contribution < -0.4 is 14.8 Å². The van der Waals surface area contributed by atoms with E-state index in [0.717, 1.165) is 11.1 Å². The molecule has 0 saturated heterocycles. The van der Waals surface area contributed by atoms with Crippen molar-refractivity contribution in [1.29, 1.82) is 0 Å². The third kappa shape index (κ3) is 4.63. The summed E-state index contributed by atoms with van der Waals surface area (Å²) < 4.78 is 15.9. The van der Waals surface area contributed by atoms with Crippen LogP contribution in [0, 0.1) is 0 Å². The molecule has 148 valence electrons. The first-order valence-electron chi connectivity index (χ1n) is 9.22. The highest BCUT2D eigenvalue weighted by atomic mass is 16.7. The zero-order valence-electron chi connectivity index (χ0n) is 16.6. The topological polar surface area (TPSA) is 73.9 Å². The van der Waals surface area contributed by atoms with Crippen LogP contribution >= 0.6 is 0 Å². The first kappa shape index (κ1) is 19.7. The van der Waals surface area contributed by atoms with Crippen molar-refractivity contribution in [3.63, 3.8) is 0 Å². The Balaban J connectivity index is 1.52. The number of carbonyl (C=O) groups is 2. The maximum absolute atomic E-state index is 12.3. The molecule has 0 radical (unpaired) electrons. The number of hydrogen-bond donors (Lipinski definition) is 1. The highest BCUT2D eigenvalue weighted by Gasteiger charge is 2.20. The van der Waals surface area contributed by atoms with Crippen LogP contribution in [0.25, 0.3) is 0 Å². The molecule has 6 heteroatoms. The molecule has 0 aliphatic carbocycles. The monoisotopic (exact) mass is 383 g/mol. The lowest BCUT2D eigenvalue weighted by atomic mass is 9.87. The Labute approximate surface area is 164 Å². The highest BCUT2D eigenvalue weighted by molar-refractivity contribution is 5.92. The van der Waals surface area contributed by atoms with Crippen LogP contribution in [0.4, 0.5) is 0 Å². The van der Waals surface area contributed by atoms with Crippen molar-refractivity contribution >= 4 is 11.9 Å². The molecule has 1 atom stereocenters. The molecular formula is C22H25NO5. The summed E-state index contributed by atoms with van der Waals surface area (Å²) in [6.07, 6.45) is -0.899. The van der Waals surface area contributed by atoms with Crippen LogP contribution in [0.15, 0.2) is 42.5 Å². The number of esters is 1. The first-order chi connectivity index (χ1) is 13.2. The zero-order valence-corrected chi connectivity index (χ0v) is 16.6. The van der Waals surface area contributed by atoms with Crippen molar-refractivity contribution in [2.24, 2.45) is 0 Å². The molecule has 0 aromatic heterocycles. The summed E-state index contributed by atoms with van der Waals surface area (Å²) in [6.45, 7) is 8.37. The van der Waals surface area contributed by atoms with Gasteiger partial charge in [-0.1, -0.05) is 39.0 Å². The van der Waals surface area contributed by atoms with Crippen molar-refractivity contribution in [1.82, 2.24) is 5.32 Å². The summed E-state index contributed by atoms with van der Waals surface area (Å²) in [6, 6.07) is 12.7. The Morgan fingerprint density at radius 2 is 1.75 bits per heavy atom. The van der Waals surface area contributed by atoms with E-state index in [1.54, 1.807) is 25.1 Å². The minimum absolute atomic E-state index is 0.00430. The van der Waals surface area contributed by atoms with E-state index < -0.39 is 12.1 Å². The lowest BCUT2D eigenvalue weighted by Crippen LogP contribution is -2.35. The van der Waals surface area contributed by atoms with Gasteiger partial charge in [0, 0.05) is 6.54 Å². The second-order valence-electron chi connectivity index (χ2n) is 7.78. The molecule has 1 amide bonds. The van der Waals surface area contributed by atoms with Gasteiger partial charge in [0.25, 0.3) is 5.91 Å². The van der Waals surface area contributed by atoms with Crippen LogP contribution in [-0.4, -0.2) is 24.8 Å². The summed E-state index contributed by atoms with van der Waals surface area (Å²) >= 11 is 0. The van der Waals surface area contributed by atoms with E-state index >= 15 is 0 Å². The molecule has 0 bridgehead atoms. The fraction of sp³-hybridized carbons (Fsp3) is 0.364. The Hall–Kier alpha value is -3.02. The third-order valence-electron chi connectivity index (χ3n) is 4.54. The normalized spacial score (nSPS) is 13.7. The molecule has 3 rings (SSSR count). The van der Waals surface area contributed by atoms with Gasteiger partial charge in [-0.05, 0) is 47.7 Å². The van der Waals surface area contributed by atoms with E-state index in [0.29, 0.717) is 23.6 Å². The maximum atomic E-state index is 12.3. The quantitative estimate of drug-likeness (QED) is 0.799. The summed E-state index contributed by atoms with van der Waals surface area (Å²) in [7, 11) is 0. The predicted molar refractivity (Wildman–Crippen MR) is 104 cm³/mol.